The van der Waals surface area contributed by atoms with Crippen LogP contribution < -0.4 is 10.8 Å². The van der Waals surface area contributed by atoms with Crippen LogP contribution >= 0.6 is 0 Å². The molecule has 0 saturated heterocycles. The summed E-state index contributed by atoms with van der Waals surface area (Å²) in [7, 11) is 0. The molecule has 1 aromatic carbocycles. The first-order valence-corrected chi connectivity index (χ1v) is 9.25. The van der Waals surface area contributed by atoms with Gasteiger partial charge in [0.05, 0.1) is 6.61 Å². The van der Waals surface area contributed by atoms with Crippen LogP contribution in [0, 0.1) is 5.92 Å². The highest BCUT2D eigenvalue weighted by atomic mass is 16.5. The van der Waals surface area contributed by atoms with Gasteiger partial charge in [-0.15, -0.1) is 0 Å². The third-order valence-electron chi connectivity index (χ3n) is 4.70. The van der Waals surface area contributed by atoms with Gasteiger partial charge in [0, 0.05) is 12.6 Å². The number of hydrogen-bond donors (Lipinski definition) is 3. The fourth-order valence-electron chi connectivity index (χ4n) is 3.33. The molecule has 6 nitrogen and oxygen atoms in total. The molecule has 26 heavy (non-hydrogen) atoms. The summed E-state index contributed by atoms with van der Waals surface area (Å²) in [5.41, 5.74) is 3.46. The van der Waals surface area contributed by atoms with Crippen LogP contribution in [0.25, 0.3) is 6.08 Å². The van der Waals surface area contributed by atoms with Crippen LogP contribution in [0.3, 0.4) is 0 Å². The van der Waals surface area contributed by atoms with Crippen molar-refractivity contribution in [2.24, 2.45) is 5.92 Å². The van der Waals surface area contributed by atoms with Crippen molar-refractivity contribution in [2.45, 2.75) is 51.6 Å². The molecule has 0 spiro atoms. The quantitative estimate of drug-likeness (QED) is 0.287. The van der Waals surface area contributed by atoms with Gasteiger partial charge >= 0.3 is 5.97 Å². The lowest BCUT2D eigenvalue weighted by Crippen LogP contribution is -2.44. The summed E-state index contributed by atoms with van der Waals surface area (Å²) in [6.07, 6.45) is 8.59. The maximum absolute atomic E-state index is 12.3. The number of hydroxylamine groups is 1. The number of ether oxygens (including phenoxy) is 1. The van der Waals surface area contributed by atoms with Gasteiger partial charge in [-0.3, -0.25) is 14.8 Å². The van der Waals surface area contributed by atoms with Crippen LogP contribution in [0.1, 0.15) is 50.2 Å². The first kappa shape index (κ1) is 20.1. The van der Waals surface area contributed by atoms with Gasteiger partial charge in [0.2, 0.25) is 0 Å². The molecule has 0 heterocycles. The normalized spacial score (nSPS) is 16.4. The molecule has 1 aliphatic rings. The summed E-state index contributed by atoms with van der Waals surface area (Å²) in [6.45, 7) is 2.81. The minimum Gasteiger partial charge on any atom is -0.465 e. The number of carbonyl (C=O) groups excluding carboxylic acids is 2. The van der Waals surface area contributed by atoms with Crippen LogP contribution in [0.15, 0.2) is 30.3 Å². The van der Waals surface area contributed by atoms with E-state index in [0.717, 1.165) is 24.0 Å². The molecular weight excluding hydrogens is 332 g/mol. The van der Waals surface area contributed by atoms with Gasteiger partial charge in [-0.1, -0.05) is 43.5 Å². The number of carbonyl (C=O) groups is 2. The van der Waals surface area contributed by atoms with Crippen molar-refractivity contribution >= 4 is 18.0 Å². The Morgan fingerprint density at radius 2 is 1.92 bits per heavy atom. The van der Waals surface area contributed by atoms with Gasteiger partial charge in [-0.25, -0.2) is 5.48 Å². The number of hydrogen-bond acceptors (Lipinski definition) is 5. The Labute approximate surface area is 154 Å². The van der Waals surface area contributed by atoms with E-state index in [1.54, 1.807) is 11.6 Å². The van der Waals surface area contributed by atoms with Crippen LogP contribution in [0.4, 0.5) is 0 Å². The summed E-state index contributed by atoms with van der Waals surface area (Å²) < 4.78 is 5.26. The average Bonchev–Trinajstić information content (AvgIpc) is 2.68. The van der Waals surface area contributed by atoms with E-state index in [4.69, 9.17) is 9.94 Å². The summed E-state index contributed by atoms with van der Waals surface area (Å²) >= 11 is 0. The molecule has 1 amide bonds. The zero-order chi connectivity index (χ0) is 18.8. The zero-order valence-corrected chi connectivity index (χ0v) is 15.2. The highest BCUT2D eigenvalue weighted by molar-refractivity contribution is 5.90. The molecule has 1 atom stereocenters. The Morgan fingerprint density at radius 3 is 2.54 bits per heavy atom. The minimum atomic E-state index is -0.569. The maximum atomic E-state index is 12.3. The Balaban J connectivity index is 1.95. The van der Waals surface area contributed by atoms with E-state index in [-0.39, 0.29) is 12.0 Å². The van der Waals surface area contributed by atoms with Crippen molar-refractivity contribution in [3.05, 3.63) is 41.5 Å². The number of amides is 1. The molecule has 0 aliphatic heterocycles. The van der Waals surface area contributed by atoms with Gasteiger partial charge in [-0.05, 0) is 42.9 Å². The van der Waals surface area contributed by atoms with Gasteiger partial charge in [0.1, 0.15) is 6.04 Å². The standard InChI is InChI=1S/C20H28N2O4/c1-2-26-20(24)19(17-6-4-3-5-7-17)21-14-16-10-8-15(9-11-16)12-13-18(23)22-25/h8-13,17,19,21,25H,2-7,14H2,1H3,(H,22,23)/t19-/m0/s1. The number of benzene rings is 1. The second-order valence-corrected chi connectivity index (χ2v) is 6.56. The topological polar surface area (TPSA) is 87.7 Å². The molecule has 1 aromatic rings. The highest BCUT2D eigenvalue weighted by Crippen LogP contribution is 2.27. The second kappa shape index (κ2) is 10.7. The van der Waals surface area contributed by atoms with Crippen molar-refractivity contribution in [1.29, 1.82) is 0 Å². The molecule has 0 aromatic heterocycles. The highest BCUT2D eigenvalue weighted by Gasteiger charge is 2.30. The molecule has 1 aliphatic carbocycles. The lowest BCUT2D eigenvalue weighted by atomic mass is 9.84. The molecular formula is C20H28N2O4. The first-order valence-electron chi connectivity index (χ1n) is 9.25. The zero-order valence-electron chi connectivity index (χ0n) is 15.2. The van der Waals surface area contributed by atoms with Gasteiger partial charge in [0.15, 0.2) is 0 Å². The first-order chi connectivity index (χ1) is 12.6. The average molecular weight is 360 g/mol. The largest absolute Gasteiger partial charge is 0.465 e. The molecule has 1 saturated carbocycles. The summed E-state index contributed by atoms with van der Waals surface area (Å²) in [5.74, 6) is -0.392. The molecule has 0 radical (unpaired) electrons. The van der Waals surface area contributed by atoms with Crippen molar-refractivity contribution in [3.63, 3.8) is 0 Å². The van der Waals surface area contributed by atoms with Crippen molar-refractivity contribution in [3.8, 4) is 0 Å². The number of rotatable bonds is 8. The van der Waals surface area contributed by atoms with Crippen LogP contribution in [0.2, 0.25) is 0 Å². The predicted octanol–water partition coefficient (Wildman–Crippen LogP) is 2.81. The van der Waals surface area contributed by atoms with Crippen LogP contribution in [0.5, 0.6) is 0 Å². The van der Waals surface area contributed by atoms with E-state index < -0.39 is 5.91 Å². The van der Waals surface area contributed by atoms with E-state index in [9.17, 15) is 9.59 Å². The van der Waals surface area contributed by atoms with Crippen molar-refractivity contribution in [2.75, 3.05) is 6.61 Å². The third kappa shape index (κ3) is 6.28. The lowest BCUT2D eigenvalue weighted by molar-refractivity contribution is -0.147. The Morgan fingerprint density at radius 1 is 1.23 bits per heavy atom. The summed E-state index contributed by atoms with van der Waals surface area (Å²) in [4.78, 5) is 23.3. The summed E-state index contributed by atoms with van der Waals surface area (Å²) in [6, 6.07) is 7.42. The Kier molecular flexibility index (Phi) is 8.31. The fraction of sp³-hybridized carbons (Fsp3) is 0.500. The van der Waals surface area contributed by atoms with E-state index in [1.807, 2.05) is 31.2 Å². The number of nitrogens with one attached hydrogen (secondary N) is 2. The maximum Gasteiger partial charge on any atom is 0.323 e. The molecule has 0 bridgehead atoms. The monoisotopic (exact) mass is 360 g/mol. The molecule has 142 valence electrons. The van der Waals surface area contributed by atoms with E-state index in [1.165, 1.54) is 25.3 Å². The predicted molar refractivity (Wildman–Crippen MR) is 99.2 cm³/mol. The SMILES string of the molecule is CCOC(=O)[C@@H](NCc1ccc(C=CC(=O)NO)cc1)C1CCCCC1. The van der Waals surface area contributed by atoms with Gasteiger partial charge in [-0.2, -0.15) is 0 Å². The molecule has 6 heteroatoms. The van der Waals surface area contributed by atoms with Gasteiger partial charge < -0.3 is 10.1 Å². The summed E-state index contributed by atoms with van der Waals surface area (Å²) in [5, 5.41) is 11.9. The smallest absolute Gasteiger partial charge is 0.323 e. The minimum absolute atomic E-state index is 0.158. The Hall–Kier alpha value is -2.18. The molecule has 2 rings (SSSR count). The van der Waals surface area contributed by atoms with Crippen molar-refractivity contribution < 1.29 is 19.5 Å². The van der Waals surface area contributed by atoms with Gasteiger partial charge in [0.25, 0.3) is 5.91 Å². The number of esters is 1. The fourth-order valence-corrected chi connectivity index (χ4v) is 3.33. The second-order valence-electron chi connectivity index (χ2n) is 6.56. The molecule has 3 N–H and O–H groups in total. The van der Waals surface area contributed by atoms with Crippen LogP contribution in [-0.4, -0.2) is 29.7 Å². The third-order valence-corrected chi connectivity index (χ3v) is 4.70. The van der Waals surface area contributed by atoms with E-state index >= 15 is 0 Å². The molecule has 0 unspecified atom stereocenters. The Bertz CT molecular complexity index is 607. The lowest BCUT2D eigenvalue weighted by Gasteiger charge is -2.29. The van der Waals surface area contributed by atoms with E-state index in [2.05, 4.69) is 5.32 Å². The van der Waals surface area contributed by atoms with Crippen molar-refractivity contribution in [1.82, 2.24) is 10.8 Å². The van der Waals surface area contributed by atoms with Crippen LogP contribution in [-0.2, 0) is 20.9 Å². The molecule has 1 fully saturated rings. The van der Waals surface area contributed by atoms with E-state index in [0.29, 0.717) is 19.1 Å².